The Balaban J connectivity index is 1.76. The summed E-state index contributed by atoms with van der Waals surface area (Å²) in [6.07, 6.45) is 3.07. The molecule has 0 aromatic carbocycles. The molecule has 0 aromatic heterocycles. The molecular weight excluding hydrogens is 356 g/mol. The van der Waals surface area contributed by atoms with Gasteiger partial charge in [0.2, 0.25) is 0 Å². The maximum Gasteiger partial charge on any atom is 0.389 e. The SMILES string of the molecule is CCCC1C(CC(F)(F)F)CCC2C1CCC1(C)C(CC(=O)CF)CCC21. The molecule has 3 fully saturated rings. The van der Waals surface area contributed by atoms with Gasteiger partial charge in [-0.3, -0.25) is 4.79 Å². The van der Waals surface area contributed by atoms with Crippen LogP contribution in [0.15, 0.2) is 0 Å². The zero-order valence-corrected chi connectivity index (χ0v) is 16.7. The molecule has 27 heavy (non-hydrogen) atoms. The van der Waals surface area contributed by atoms with Crippen LogP contribution in [0.5, 0.6) is 0 Å². The standard InChI is InChI=1S/C22H34F4O/c1-3-4-17-14(12-22(24,25)26)5-7-19-18(17)9-10-21(2)15(6-8-20(19)21)11-16(27)13-23/h14-15,17-20H,3-13H2,1-2H3. The quantitative estimate of drug-likeness (QED) is 0.458. The summed E-state index contributed by atoms with van der Waals surface area (Å²) in [7, 11) is 0. The maximum absolute atomic E-state index is 13.1. The summed E-state index contributed by atoms with van der Waals surface area (Å²) in [6, 6.07) is 0. The fraction of sp³-hybridized carbons (Fsp3) is 0.955. The Morgan fingerprint density at radius 2 is 1.81 bits per heavy atom. The highest BCUT2D eigenvalue weighted by atomic mass is 19.4. The first kappa shape index (κ1) is 21.1. The maximum atomic E-state index is 13.1. The molecule has 5 heteroatoms. The first-order valence-corrected chi connectivity index (χ1v) is 10.8. The molecule has 1 nitrogen and oxygen atoms in total. The number of rotatable bonds is 6. The summed E-state index contributed by atoms with van der Waals surface area (Å²) in [6.45, 7) is 3.48. The first-order valence-electron chi connectivity index (χ1n) is 10.8. The van der Waals surface area contributed by atoms with Gasteiger partial charge in [0.1, 0.15) is 6.67 Å². The minimum atomic E-state index is -4.07. The number of hydrogen-bond donors (Lipinski definition) is 0. The summed E-state index contributed by atoms with van der Waals surface area (Å²) >= 11 is 0. The molecule has 156 valence electrons. The van der Waals surface area contributed by atoms with Crippen LogP contribution in [0.3, 0.4) is 0 Å². The van der Waals surface area contributed by atoms with Crippen molar-refractivity contribution in [2.75, 3.05) is 6.67 Å². The molecule has 0 spiro atoms. The number of halogens is 4. The summed E-state index contributed by atoms with van der Waals surface area (Å²) in [5, 5.41) is 0. The van der Waals surface area contributed by atoms with Gasteiger partial charge in [0, 0.05) is 12.8 Å². The van der Waals surface area contributed by atoms with Gasteiger partial charge in [-0.05, 0) is 79.4 Å². The van der Waals surface area contributed by atoms with Crippen LogP contribution in [0.4, 0.5) is 17.6 Å². The second-order valence-electron chi connectivity index (χ2n) is 9.74. The lowest BCUT2D eigenvalue weighted by Gasteiger charge is -2.55. The molecule has 0 N–H and O–H groups in total. The van der Waals surface area contributed by atoms with Crippen molar-refractivity contribution in [1.29, 1.82) is 0 Å². The van der Waals surface area contributed by atoms with Crippen molar-refractivity contribution in [3.05, 3.63) is 0 Å². The highest BCUT2D eigenvalue weighted by Crippen LogP contribution is 2.64. The minimum Gasteiger partial charge on any atom is -0.297 e. The molecule has 0 heterocycles. The Labute approximate surface area is 160 Å². The molecule has 3 aliphatic carbocycles. The summed E-state index contributed by atoms with van der Waals surface area (Å²) in [5.41, 5.74) is 0.0691. The Hall–Kier alpha value is -0.610. The predicted octanol–water partition coefficient (Wildman–Crippen LogP) is 6.75. The smallest absolute Gasteiger partial charge is 0.297 e. The number of hydrogen-bond acceptors (Lipinski definition) is 1. The number of fused-ring (bicyclic) bond motifs is 3. The Morgan fingerprint density at radius 3 is 2.44 bits per heavy atom. The van der Waals surface area contributed by atoms with Crippen LogP contribution >= 0.6 is 0 Å². The molecule has 0 amide bonds. The topological polar surface area (TPSA) is 17.1 Å². The van der Waals surface area contributed by atoms with Crippen LogP contribution in [0.25, 0.3) is 0 Å². The van der Waals surface area contributed by atoms with E-state index in [0.717, 1.165) is 44.9 Å². The summed E-state index contributed by atoms with van der Waals surface area (Å²) in [4.78, 5) is 11.7. The zero-order valence-electron chi connectivity index (χ0n) is 16.7. The third kappa shape index (κ3) is 4.22. The fourth-order valence-electron chi connectivity index (χ4n) is 7.34. The van der Waals surface area contributed by atoms with E-state index in [-0.39, 0.29) is 29.0 Å². The number of carbonyl (C=O) groups excluding carboxylic acids is 1. The van der Waals surface area contributed by atoms with Crippen molar-refractivity contribution < 1.29 is 22.4 Å². The number of alkyl halides is 4. The van der Waals surface area contributed by atoms with E-state index in [9.17, 15) is 22.4 Å². The lowest BCUT2D eigenvalue weighted by atomic mass is 9.50. The van der Waals surface area contributed by atoms with Gasteiger partial charge < -0.3 is 0 Å². The van der Waals surface area contributed by atoms with Crippen LogP contribution < -0.4 is 0 Å². The first-order chi connectivity index (χ1) is 12.7. The van der Waals surface area contributed by atoms with E-state index in [0.29, 0.717) is 30.6 Å². The van der Waals surface area contributed by atoms with Crippen molar-refractivity contribution >= 4 is 5.78 Å². The van der Waals surface area contributed by atoms with Crippen molar-refractivity contribution in [1.82, 2.24) is 0 Å². The Kier molecular flexibility index (Phi) is 6.27. The molecule has 0 aromatic rings. The van der Waals surface area contributed by atoms with Crippen LogP contribution in [-0.2, 0) is 4.79 Å². The summed E-state index contributed by atoms with van der Waals surface area (Å²) < 4.78 is 52.0. The largest absolute Gasteiger partial charge is 0.389 e. The van der Waals surface area contributed by atoms with Gasteiger partial charge in [-0.2, -0.15) is 13.2 Å². The van der Waals surface area contributed by atoms with Gasteiger partial charge in [0.05, 0.1) is 0 Å². The van der Waals surface area contributed by atoms with E-state index in [1.807, 2.05) is 0 Å². The van der Waals surface area contributed by atoms with Gasteiger partial charge >= 0.3 is 6.18 Å². The third-order valence-electron chi connectivity index (χ3n) is 8.45. The number of Topliss-reactive ketones (excluding diaryl/α,β-unsaturated/α-hetero) is 1. The predicted molar refractivity (Wildman–Crippen MR) is 97.9 cm³/mol. The van der Waals surface area contributed by atoms with Crippen molar-refractivity contribution in [2.45, 2.75) is 84.2 Å². The second kappa shape index (κ2) is 8.02. The number of carbonyl (C=O) groups is 1. The molecule has 0 saturated heterocycles. The van der Waals surface area contributed by atoms with E-state index in [4.69, 9.17) is 0 Å². The highest BCUT2D eigenvalue weighted by Gasteiger charge is 2.57. The molecule has 3 aliphatic rings. The third-order valence-corrected chi connectivity index (χ3v) is 8.45. The average Bonchev–Trinajstić information content (AvgIpc) is 2.92. The lowest BCUT2D eigenvalue weighted by molar-refractivity contribution is -0.161. The van der Waals surface area contributed by atoms with E-state index in [1.54, 1.807) is 0 Å². The van der Waals surface area contributed by atoms with Crippen LogP contribution in [-0.4, -0.2) is 18.6 Å². The van der Waals surface area contributed by atoms with Crippen LogP contribution in [0, 0.1) is 40.9 Å². The van der Waals surface area contributed by atoms with Gasteiger partial charge in [-0.15, -0.1) is 0 Å². The molecule has 0 bridgehead atoms. The van der Waals surface area contributed by atoms with Crippen molar-refractivity contribution in [2.24, 2.45) is 40.9 Å². The van der Waals surface area contributed by atoms with Gasteiger partial charge in [0.15, 0.2) is 5.78 Å². The molecule has 3 rings (SSSR count). The number of ketones is 1. The molecule has 7 atom stereocenters. The van der Waals surface area contributed by atoms with E-state index < -0.39 is 19.3 Å². The molecule has 7 unspecified atom stereocenters. The van der Waals surface area contributed by atoms with Crippen LogP contribution in [0.2, 0.25) is 0 Å². The Bertz CT molecular complexity index is 531. The zero-order chi connectivity index (χ0) is 19.8. The van der Waals surface area contributed by atoms with Crippen molar-refractivity contribution in [3.63, 3.8) is 0 Å². The second-order valence-corrected chi connectivity index (χ2v) is 9.74. The van der Waals surface area contributed by atoms with Crippen LogP contribution in [0.1, 0.15) is 78.1 Å². The summed E-state index contributed by atoms with van der Waals surface area (Å²) in [5.74, 6) is 1.33. The van der Waals surface area contributed by atoms with Gasteiger partial charge in [-0.1, -0.05) is 26.7 Å². The monoisotopic (exact) mass is 390 g/mol. The molecule has 3 saturated carbocycles. The minimum absolute atomic E-state index is 0.0691. The molecule has 0 aliphatic heterocycles. The molecular formula is C22H34F4O. The van der Waals surface area contributed by atoms with Gasteiger partial charge in [0.25, 0.3) is 0 Å². The average molecular weight is 391 g/mol. The highest BCUT2D eigenvalue weighted by molar-refractivity contribution is 5.79. The normalized spacial score (nSPS) is 41.9. The molecule has 0 radical (unpaired) electrons. The Morgan fingerprint density at radius 1 is 1.07 bits per heavy atom. The van der Waals surface area contributed by atoms with Crippen molar-refractivity contribution in [3.8, 4) is 0 Å². The lowest BCUT2D eigenvalue weighted by Crippen LogP contribution is -2.48. The van der Waals surface area contributed by atoms with E-state index in [1.165, 1.54) is 0 Å². The van der Waals surface area contributed by atoms with E-state index in [2.05, 4.69) is 13.8 Å². The van der Waals surface area contributed by atoms with Gasteiger partial charge in [-0.25, -0.2) is 4.39 Å². The fourth-order valence-corrected chi connectivity index (χ4v) is 7.34. The van der Waals surface area contributed by atoms with E-state index >= 15 is 0 Å².